The molecule has 1 N–H and O–H groups in total. The lowest BCUT2D eigenvalue weighted by Gasteiger charge is -2.13. The highest BCUT2D eigenvalue weighted by molar-refractivity contribution is 6.08. The van der Waals surface area contributed by atoms with Gasteiger partial charge in [0.05, 0.1) is 11.8 Å². The van der Waals surface area contributed by atoms with Crippen molar-refractivity contribution in [2.45, 2.75) is 6.10 Å². The van der Waals surface area contributed by atoms with Crippen molar-refractivity contribution < 1.29 is 18.3 Å². The number of aliphatic hydroxyl groups excluding tert-OH is 1. The molecule has 3 nitrogen and oxygen atoms in total. The van der Waals surface area contributed by atoms with E-state index >= 15 is 0 Å². The number of nitriles is 1. The molecule has 5 rings (SSSR count). The van der Waals surface area contributed by atoms with Gasteiger partial charge in [-0.25, -0.2) is 13.2 Å². The van der Waals surface area contributed by atoms with E-state index in [1.165, 1.54) is 0 Å². The van der Waals surface area contributed by atoms with Crippen molar-refractivity contribution in [3.8, 4) is 17.3 Å². The molecule has 3 aromatic rings. The summed E-state index contributed by atoms with van der Waals surface area (Å²) in [6.45, 7) is 0. The third-order valence-corrected chi connectivity index (χ3v) is 5.32. The van der Waals surface area contributed by atoms with Crippen LogP contribution in [0.2, 0.25) is 0 Å². The number of rotatable bonds is 0. The van der Waals surface area contributed by atoms with E-state index in [0.717, 1.165) is 11.6 Å². The number of hydrogen-bond acceptors (Lipinski definition) is 3. The monoisotopic (exact) mass is 388 g/mol. The van der Waals surface area contributed by atoms with Crippen molar-refractivity contribution >= 4 is 11.1 Å². The van der Waals surface area contributed by atoms with E-state index in [1.54, 1.807) is 30.5 Å². The highest BCUT2D eigenvalue weighted by Crippen LogP contribution is 2.54. The largest absolute Gasteiger partial charge is 0.383 e. The van der Waals surface area contributed by atoms with Crippen molar-refractivity contribution in [3.05, 3.63) is 100 Å². The summed E-state index contributed by atoms with van der Waals surface area (Å²) in [5.74, 6) is -3.74. The predicted octanol–water partition coefficient (Wildman–Crippen LogP) is 4.94. The zero-order chi connectivity index (χ0) is 20.3. The molecule has 29 heavy (non-hydrogen) atoms. The van der Waals surface area contributed by atoms with Crippen LogP contribution in [0, 0.1) is 28.8 Å². The average Bonchev–Trinajstić information content (AvgIpc) is 3.19. The summed E-state index contributed by atoms with van der Waals surface area (Å²) in [5, 5.41) is 20.3. The van der Waals surface area contributed by atoms with E-state index in [9.17, 15) is 23.5 Å². The van der Waals surface area contributed by atoms with Crippen LogP contribution < -0.4 is 0 Å². The highest BCUT2D eigenvalue weighted by Gasteiger charge is 2.41. The lowest BCUT2D eigenvalue weighted by Crippen LogP contribution is -2.02. The standard InChI is InChI=1S/C23H11F3N2O/c24-15-10-16(25)21(26)18-13(7-8-27)19(23(29)20(15)18)17-11-4-1-2-5-12(11)22-14(17)6-3-9-28-22/h1-7,9-10,23,29H/b13-7?,19-17-. The Morgan fingerprint density at radius 2 is 1.72 bits per heavy atom. The molecule has 1 heterocycles. The first-order valence-electron chi connectivity index (χ1n) is 8.80. The number of halogens is 3. The van der Waals surface area contributed by atoms with Gasteiger partial charge < -0.3 is 5.11 Å². The van der Waals surface area contributed by atoms with Crippen molar-refractivity contribution in [3.63, 3.8) is 0 Å². The van der Waals surface area contributed by atoms with Gasteiger partial charge in [-0.05, 0) is 17.2 Å². The molecule has 0 fully saturated rings. The van der Waals surface area contributed by atoms with Gasteiger partial charge in [0.2, 0.25) is 0 Å². The SMILES string of the molecule is N#CC=C1/C(=C2\c3ccccc3-c3ncccc32)C(O)c2c(F)cc(F)c(F)c21. The summed E-state index contributed by atoms with van der Waals surface area (Å²) in [6, 6.07) is 13.0. The molecular formula is C23H11F3N2O. The molecule has 6 heteroatoms. The summed E-state index contributed by atoms with van der Waals surface area (Å²) < 4.78 is 43.1. The number of aromatic nitrogens is 1. The molecule has 1 unspecified atom stereocenters. The van der Waals surface area contributed by atoms with Gasteiger partial charge in [0.25, 0.3) is 0 Å². The van der Waals surface area contributed by atoms with Gasteiger partial charge in [0, 0.05) is 51.7 Å². The average molecular weight is 388 g/mol. The van der Waals surface area contributed by atoms with Gasteiger partial charge in [-0.1, -0.05) is 30.3 Å². The van der Waals surface area contributed by atoms with E-state index in [4.69, 9.17) is 0 Å². The van der Waals surface area contributed by atoms with Crippen LogP contribution in [0.3, 0.4) is 0 Å². The number of hydrogen-bond donors (Lipinski definition) is 1. The second-order valence-corrected chi connectivity index (χ2v) is 6.77. The minimum atomic E-state index is -1.56. The predicted molar refractivity (Wildman–Crippen MR) is 101 cm³/mol. The molecule has 0 bridgehead atoms. The normalized spacial score (nSPS) is 20.4. The summed E-state index contributed by atoms with van der Waals surface area (Å²) in [4.78, 5) is 4.41. The van der Waals surface area contributed by atoms with Crippen LogP contribution >= 0.6 is 0 Å². The topological polar surface area (TPSA) is 56.9 Å². The Morgan fingerprint density at radius 3 is 2.48 bits per heavy atom. The van der Waals surface area contributed by atoms with E-state index < -0.39 is 29.1 Å². The quantitative estimate of drug-likeness (QED) is 0.343. The Kier molecular flexibility index (Phi) is 3.70. The molecule has 1 atom stereocenters. The van der Waals surface area contributed by atoms with Crippen LogP contribution in [-0.4, -0.2) is 10.1 Å². The zero-order valence-electron chi connectivity index (χ0n) is 14.7. The molecule has 0 saturated heterocycles. The molecule has 1 aromatic heterocycles. The first-order chi connectivity index (χ1) is 14.0. The second kappa shape index (κ2) is 6.16. The van der Waals surface area contributed by atoms with Crippen LogP contribution in [0.1, 0.15) is 28.4 Å². The highest BCUT2D eigenvalue weighted by atomic mass is 19.2. The van der Waals surface area contributed by atoms with Gasteiger partial charge in [-0.2, -0.15) is 5.26 Å². The van der Waals surface area contributed by atoms with Crippen LogP contribution in [0.25, 0.3) is 22.4 Å². The van der Waals surface area contributed by atoms with Crippen LogP contribution in [0.15, 0.2) is 60.3 Å². The van der Waals surface area contributed by atoms with E-state index in [0.29, 0.717) is 28.5 Å². The minimum absolute atomic E-state index is 0.0348. The Hall–Kier alpha value is -3.69. The minimum Gasteiger partial charge on any atom is -0.383 e. The third kappa shape index (κ3) is 2.25. The Labute approximate surface area is 163 Å². The van der Waals surface area contributed by atoms with Crippen molar-refractivity contribution in [1.82, 2.24) is 4.98 Å². The van der Waals surface area contributed by atoms with Gasteiger partial charge in [0.15, 0.2) is 11.6 Å². The summed E-state index contributed by atoms with van der Waals surface area (Å²) in [6.07, 6.45) is 1.08. The fourth-order valence-electron chi connectivity index (χ4n) is 4.22. The zero-order valence-corrected chi connectivity index (χ0v) is 14.7. The Morgan fingerprint density at radius 1 is 1.00 bits per heavy atom. The molecule has 0 radical (unpaired) electrons. The van der Waals surface area contributed by atoms with Crippen LogP contribution in [0.4, 0.5) is 13.2 Å². The maximum absolute atomic E-state index is 14.6. The summed E-state index contributed by atoms with van der Waals surface area (Å²) in [7, 11) is 0. The van der Waals surface area contributed by atoms with E-state index in [2.05, 4.69) is 4.98 Å². The first-order valence-corrected chi connectivity index (χ1v) is 8.80. The summed E-state index contributed by atoms with van der Waals surface area (Å²) in [5.41, 5.74) is 2.70. The van der Waals surface area contributed by atoms with Gasteiger partial charge >= 0.3 is 0 Å². The van der Waals surface area contributed by atoms with Gasteiger partial charge in [0.1, 0.15) is 11.9 Å². The molecule has 0 amide bonds. The van der Waals surface area contributed by atoms with Crippen molar-refractivity contribution in [1.29, 1.82) is 5.26 Å². The molecule has 0 aliphatic heterocycles. The molecule has 2 aliphatic carbocycles. The maximum atomic E-state index is 14.6. The number of benzene rings is 2. The third-order valence-electron chi connectivity index (χ3n) is 5.32. The number of allylic oxidation sites excluding steroid dienone is 1. The lowest BCUT2D eigenvalue weighted by molar-refractivity contribution is 0.220. The first kappa shape index (κ1) is 17.4. The molecule has 2 aromatic carbocycles. The Bertz CT molecular complexity index is 1270. The van der Waals surface area contributed by atoms with Crippen LogP contribution in [0.5, 0.6) is 0 Å². The van der Waals surface area contributed by atoms with Crippen LogP contribution in [-0.2, 0) is 0 Å². The lowest BCUT2D eigenvalue weighted by atomic mass is 9.92. The maximum Gasteiger partial charge on any atom is 0.167 e. The fraction of sp³-hybridized carbons (Fsp3) is 0.0435. The van der Waals surface area contributed by atoms with Gasteiger partial charge in [-0.15, -0.1) is 0 Å². The van der Waals surface area contributed by atoms with Crippen molar-refractivity contribution in [2.75, 3.05) is 0 Å². The molecule has 0 spiro atoms. The fourth-order valence-corrected chi connectivity index (χ4v) is 4.22. The molecule has 0 saturated carbocycles. The number of aliphatic hydroxyl groups is 1. The number of pyridine rings is 1. The molecular weight excluding hydrogens is 377 g/mol. The number of nitrogens with zero attached hydrogens (tertiary/aromatic N) is 2. The van der Waals surface area contributed by atoms with E-state index in [1.807, 2.05) is 18.2 Å². The second-order valence-electron chi connectivity index (χ2n) is 6.77. The molecule has 2 aliphatic rings. The van der Waals surface area contributed by atoms with E-state index in [-0.39, 0.29) is 16.7 Å². The van der Waals surface area contributed by atoms with Crippen molar-refractivity contribution in [2.24, 2.45) is 0 Å². The molecule has 140 valence electrons. The summed E-state index contributed by atoms with van der Waals surface area (Å²) >= 11 is 0. The number of fused-ring (bicyclic) bond motifs is 4. The Balaban J connectivity index is 1.94. The van der Waals surface area contributed by atoms with Gasteiger partial charge in [-0.3, -0.25) is 4.98 Å². The smallest absolute Gasteiger partial charge is 0.167 e.